The molecule has 2 heterocycles. The standard InChI is InChI=1S/C12H18N3/c1-6-15-10(4)14(5)12-11(15)8(2)7-9(3)13-12/h7H,6H2,1-5H3/q+1. The summed E-state index contributed by atoms with van der Waals surface area (Å²) in [6.45, 7) is 9.51. The highest BCUT2D eigenvalue weighted by atomic mass is 15.2. The Hall–Kier alpha value is -1.38. The Morgan fingerprint density at radius 1 is 1.33 bits per heavy atom. The Labute approximate surface area is 90.4 Å². The van der Waals surface area contributed by atoms with Crippen LogP contribution in [0.3, 0.4) is 0 Å². The van der Waals surface area contributed by atoms with E-state index >= 15 is 0 Å². The van der Waals surface area contributed by atoms with Gasteiger partial charge in [-0.25, -0.2) is 4.57 Å². The minimum Gasteiger partial charge on any atom is -0.258 e. The van der Waals surface area contributed by atoms with Crippen molar-refractivity contribution >= 4 is 11.2 Å². The summed E-state index contributed by atoms with van der Waals surface area (Å²) in [5.41, 5.74) is 4.75. The Morgan fingerprint density at radius 2 is 2.00 bits per heavy atom. The molecule has 0 saturated carbocycles. The smallest absolute Gasteiger partial charge is 0.258 e. The van der Waals surface area contributed by atoms with Gasteiger partial charge in [0, 0.05) is 6.92 Å². The van der Waals surface area contributed by atoms with Gasteiger partial charge in [-0.1, -0.05) is 0 Å². The molecule has 3 heteroatoms. The van der Waals surface area contributed by atoms with Crippen LogP contribution in [0.2, 0.25) is 0 Å². The minimum absolute atomic E-state index is 0.995. The lowest BCUT2D eigenvalue weighted by molar-refractivity contribution is -0.654. The molecule has 0 bridgehead atoms. The molecule has 0 aromatic carbocycles. The summed E-state index contributed by atoms with van der Waals surface area (Å²) in [4.78, 5) is 4.61. The zero-order valence-corrected chi connectivity index (χ0v) is 10.1. The third kappa shape index (κ3) is 1.34. The van der Waals surface area contributed by atoms with Crippen molar-refractivity contribution in [1.29, 1.82) is 0 Å². The molecule has 2 aromatic heterocycles. The monoisotopic (exact) mass is 204 g/mol. The molecule has 0 spiro atoms. The minimum atomic E-state index is 0.995. The summed E-state index contributed by atoms with van der Waals surface area (Å²) in [7, 11) is 2.08. The van der Waals surface area contributed by atoms with Crippen molar-refractivity contribution in [2.24, 2.45) is 7.05 Å². The number of imidazole rings is 1. The first-order chi connectivity index (χ1) is 7.06. The van der Waals surface area contributed by atoms with E-state index in [1.165, 1.54) is 16.9 Å². The number of aryl methyl sites for hydroxylation is 4. The molecule has 0 aliphatic rings. The molecule has 0 amide bonds. The lowest BCUT2D eigenvalue weighted by atomic mass is 10.2. The number of rotatable bonds is 1. The van der Waals surface area contributed by atoms with Gasteiger partial charge in [-0.15, -0.1) is 4.98 Å². The van der Waals surface area contributed by atoms with Crippen molar-refractivity contribution in [3.8, 4) is 0 Å². The number of nitrogens with zero attached hydrogens (tertiary/aromatic N) is 3. The third-order valence-corrected chi connectivity index (χ3v) is 3.07. The molecule has 0 unspecified atom stereocenters. The molecule has 0 radical (unpaired) electrons. The van der Waals surface area contributed by atoms with Crippen molar-refractivity contribution in [3.05, 3.63) is 23.1 Å². The van der Waals surface area contributed by atoms with Crippen LogP contribution in [0.15, 0.2) is 6.07 Å². The molecular formula is C12H18N3+. The zero-order valence-electron chi connectivity index (χ0n) is 10.1. The van der Waals surface area contributed by atoms with Gasteiger partial charge in [0.1, 0.15) is 5.69 Å². The first-order valence-electron chi connectivity index (χ1n) is 5.39. The van der Waals surface area contributed by atoms with Crippen molar-refractivity contribution in [2.45, 2.75) is 34.2 Å². The number of hydrogen-bond donors (Lipinski definition) is 0. The molecule has 0 atom stereocenters. The van der Waals surface area contributed by atoms with E-state index in [0.29, 0.717) is 0 Å². The number of fused-ring (bicyclic) bond motifs is 1. The van der Waals surface area contributed by atoms with Gasteiger partial charge in [0.2, 0.25) is 5.82 Å². The Kier molecular flexibility index (Phi) is 2.25. The van der Waals surface area contributed by atoms with Crippen molar-refractivity contribution in [3.63, 3.8) is 0 Å². The van der Waals surface area contributed by atoms with Gasteiger partial charge in [0.25, 0.3) is 0 Å². The van der Waals surface area contributed by atoms with Gasteiger partial charge < -0.3 is 0 Å². The molecule has 2 rings (SSSR count). The van der Waals surface area contributed by atoms with Crippen LogP contribution in [0.1, 0.15) is 24.0 Å². The molecular weight excluding hydrogens is 186 g/mol. The van der Waals surface area contributed by atoms with Gasteiger partial charge in [0.05, 0.1) is 13.6 Å². The van der Waals surface area contributed by atoms with E-state index in [2.05, 4.69) is 48.0 Å². The van der Waals surface area contributed by atoms with Crippen LogP contribution in [0, 0.1) is 20.8 Å². The maximum Gasteiger partial charge on any atom is 0.302 e. The normalized spacial score (nSPS) is 11.3. The average Bonchev–Trinajstić information content (AvgIpc) is 2.42. The van der Waals surface area contributed by atoms with Crippen LogP contribution >= 0.6 is 0 Å². The van der Waals surface area contributed by atoms with E-state index < -0.39 is 0 Å². The molecule has 3 nitrogen and oxygen atoms in total. The average molecular weight is 204 g/mol. The van der Waals surface area contributed by atoms with Gasteiger partial charge in [-0.3, -0.25) is 4.57 Å². The number of aromatic nitrogens is 3. The molecule has 0 aliphatic heterocycles. The van der Waals surface area contributed by atoms with Crippen molar-refractivity contribution < 1.29 is 4.57 Å². The first-order valence-corrected chi connectivity index (χ1v) is 5.39. The third-order valence-electron chi connectivity index (χ3n) is 3.07. The summed E-state index contributed by atoms with van der Waals surface area (Å²) in [6.07, 6.45) is 0. The summed E-state index contributed by atoms with van der Waals surface area (Å²) in [6, 6.07) is 2.15. The van der Waals surface area contributed by atoms with Crippen molar-refractivity contribution in [1.82, 2.24) is 9.55 Å². The van der Waals surface area contributed by atoms with Gasteiger partial charge in [0.15, 0.2) is 5.52 Å². The fraction of sp³-hybridized carbons (Fsp3) is 0.500. The van der Waals surface area contributed by atoms with E-state index in [0.717, 1.165) is 17.9 Å². The number of pyridine rings is 1. The highest BCUT2D eigenvalue weighted by molar-refractivity contribution is 5.72. The zero-order chi connectivity index (χ0) is 11.2. The lowest BCUT2D eigenvalue weighted by Gasteiger charge is -1.98. The van der Waals surface area contributed by atoms with E-state index in [1.54, 1.807) is 0 Å². The van der Waals surface area contributed by atoms with Crippen molar-refractivity contribution in [2.75, 3.05) is 0 Å². The quantitative estimate of drug-likeness (QED) is 0.649. The predicted molar refractivity (Wildman–Crippen MR) is 60.8 cm³/mol. The van der Waals surface area contributed by atoms with Crippen LogP contribution in [0.25, 0.3) is 11.2 Å². The van der Waals surface area contributed by atoms with E-state index in [4.69, 9.17) is 0 Å². The second-order valence-electron chi connectivity index (χ2n) is 4.10. The molecule has 80 valence electrons. The molecule has 2 aromatic rings. The molecule has 15 heavy (non-hydrogen) atoms. The van der Waals surface area contributed by atoms with Crippen LogP contribution < -0.4 is 4.57 Å². The Morgan fingerprint density at radius 3 is 2.60 bits per heavy atom. The van der Waals surface area contributed by atoms with Crippen LogP contribution in [0.5, 0.6) is 0 Å². The predicted octanol–water partition coefficient (Wildman–Crippen LogP) is 1.81. The highest BCUT2D eigenvalue weighted by Crippen LogP contribution is 2.17. The molecule has 0 aliphatic carbocycles. The summed E-state index contributed by atoms with van der Waals surface area (Å²) in [5, 5.41) is 0. The number of hydrogen-bond acceptors (Lipinski definition) is 1. The van der Waals surface area contributed by atoms with E-state index in [1.807, 2.05) is 6.92 Å². The maximum absolute atomic E-state index is 4.61. The molecule has 0 N–H and O–H groups in total. The fourth-order valence-corrected chi connectivity index (χ4v) is 2.26. The summed E-state index contributed by atoms with van der Waals surface area (Å²) < 4.78 is 4.48. The highest BCUT2D eigenvalue weighted by Gasteiger charge is 2.20. The molecule has 0 fully saturated rings. The molecule has 0 saturated heterocycles. The topological polar surface area (TPSA) is 21.7 Å². The lowest BCUT2D eigenvalue weighted by Crippen LogP contribution is -2.31. The second-order valence-corrected chi connectivity index (χ2v) is 4.10. The van der Waals surface area contributed by atoms with Crippen LogP contribution in [0.4, 0.5) is 0 Å². The van der Waals surface area contributed by atoms with Gasteiger partial charge in [-0.2, -0.15) is 0 Å². The largest absolute Gasteiger partial charge is 0.302 e. The maximum atomic E-state index is 4.61. The van der Waals surface area contributed by atoms with E-state index in [9.17, 15) is 0 Å². The Bertz CT molecular complexity index is 523. The summed E-state index contributed by atoms with van der Waals surface area (Å²) in [5.74, 6) is 1.26. The summed E-state index contributed by atoms with van der Waals surface area (Å²) >= 11 is 0. The second kappa shape index (κ2) is 3.33. The van der Waals surface area contributed by atoms with Gasteiger partial charge >= 0.3 is 5.65 Å². The fourth-order valence-electron chi connectivity index (χ4n) is 2.26. The first kappa shape index (κ1) is 10.1. The van der Waals surface area contributed by atoms with Crippen LogP contribution in [-0.4, -0.2) is 9.55 Å². The van der Waals surface area contributed by atoms with Gasteiger partial charge in [-0.05, 0) is 32.4 Å². The SMILES string of the molecule is CCn1c(C)[n+](C)c2nc(C)cc(C)c21. The van der Waals surface area contributed by atoms with Crippen LogP contribution in [-0.2, 0) is 13.6 Å². The Balaban J connectivity index is 2.97. The van der Waals surface area contributed by atoms with E-state index in [-0.39, 0.29) is 0 Å².